The third kappa shape index (κ3) is 2.94. The molecule has 1 aromatic carbocycles. The van der Waals surface area contributed by atoms with E-state index in [1.807, 2.05) is 0 Å². The van der Waals surface area contributed by atoms with Crippen molar-refractivity contribution in [3.8, 4) is 11.3 Å². The number of nitrogens with two attached hydrogens (primary N) is 1. The molecule has 0 spiro atoms. The number of aryl methyl sites for hydroxylation is 1. The highest BCUT2D eigenvalue weighted by Gasteiger charge is 2.03. The van der Waals surface area contributed by atoms with Crippen LogP contribution in [0.25, 0.3) is 11.3 Å². The molecule has 0 saturated carbocycles. The van der Waals surface area contributed by atoms with Gasteiger partial charge in [-0.05, 0) is 24.6 Å². The number of benzene rings is 1. The first-order chi connectivity index (χ1) is 8.33. The Morgan fingerprint density at radius 2 is 1.94 bits per heavy atom. The highest BCUT2D eigenvalue weighted by atomic mass is 15.1. The Kier molecular flexibility index (Phi) is 3.94. The predicted molar refractivity (Wildman–Crippen MR) is 70.8 cm³/mol. The maximum absolute atomic E-state index is 5.51. The molecule has 3 nitrogen and oxygen atoms in total. The second-order valence-electron chi connectivity index (χ2n) is 4.26. The molecule has 0 fully saturated rings. The summed E-state index contributed by atoms with van der Waals surface area (Å²) in [6.07, 6.45) is 3.17. The average molecular weight is 229 g/mol. The van der Waals surface area contributed by atoms with Gasteiger partial charge in [-0.25, -0.2) is 0 Å². The SMILES string of the molecule is CCCc1ccc(-c2cc(CCN)[nH]n2)cc1. The number of nitrogens with zero attached hydrogens (tertiary/aromatic N) is 1. The second-order valence-corrected chi connectivity index (χ2v) is 4.26. The smallest absolute Gasteiger partial charge is 0.0923 e. The highest BCUT2D eigenvalue weighted by molar-refractivity contribution is 5.59. The number of hydrogen-bond acceptors (Lipinski definition) is 2. The van der Waals surface area contributed by atoms with Crippen molar-refractivity contribution in [1.29, 1.82) is 0 Å². The molecule has 1 heterocycles. The van der Waals surface area contributed by atoms with Crippen LogP contribution in [0, 0.1) is 0 Å². The molecule has 90 valence electrons. The van der Waals surface area contributed by atoms with Gasteiger partial charge in [0.2, 0.25) is 0 Å². The summed E-state index contributed by atoms with van der Waals surface area (Å²) in [5, 5.41) is 7.32. The zero-order valence-corrected chi connectivity index (χ0v) is 10.2. The first-order valence-corrected chi connectivity index (χ1v) is 6.17. The molecule has 3 heteroatoms. The Balaban J connectivity index is 2.15. The lowest BCUT2D eigenvalue weighted by Gasteiger charge is -2.00. The summed E-state index contributed by atoms with van der Waals surface area (Å²) in [4.78, 5) is 0. The normalized spacial score (nSPS) is 10.7. The Labute approximate surface area is 102 Å². The van der Waals surface area contributed by atoms with Crippen LogP contribution in [0.3, 0.4) is 0 Å². The minimum Gasteiger partial charge on any atom is -0.330 e. The van der Waals surface area contributed by atoms with Crippen molar-refractivity contribution < 1.29 is 0 Å². The first-order valence-electron chi connectivity index (χ1n) is 6.17. The number of rotatable bonds is 5. The van der Waals surface area contributed by atoms with Crippen LogP contribution in [0.15, 0.2) is 30.3 Å². The van der Waals surface area contributed by atoms with E-state index in [4.69, 9.17) is 5.73 Å². The first kappa shape index (κ1) is 11.9. The van der Waals surface area contributed by atoms with Crippen LogP contribution in [0.1, 0.15) is 24.6 Å². The molecule has 0 amide bonds. The van der Waals surface area contributed by atoms with Crippen molar-refractivity contribution in [3.63, 3.8) is 0 Å². The second kappa shape index (κ2) is 5.64. The molecule has 0 aliphatic rings. The van der Waals surface area contributed by atoms with Gasteiger partial charge in [-0.15, -0.1) is 0 Å². The Hall–Kier alpha value is -1.61. The fourth-order valence-electron chi connectivity index (χ4n) is 1.92. The topological polar surface area (TPSA) is 54.7 Å². The molecule has 17 heavy (non-hydrogen) atoms. The molecule has 2 rings (SSSR count). The van der Waals surface area contributed by atoms with Gasteiger partial charge in [-0.2, -0.15) is 5.10 Å². The summed E-state index contributed by atoms with van der Waals surface area (Å²) in [5.41, 5.74) is 10.1. The van der Waals surface area contributed by atoms with Crippen LogP contribution in [0.5, 0.6) is 0 Å². The van der Waals surface area contributed by atoms with E-state index < -0.39 is 0 Å². The molecular weight excluding hydrogens is 210 g/mol. The van der Waals surface area contributed by atoms with Crippen LogP contribution in [-0.2, 0) is 12.8 Å². The zero-order valence-electron chi connectivity index (χ0n) is 10.2. The van der Waals surface area contributed by atoms with Gasteiger partial charge in [0, 0.05) is 17.7 Å². The molecule has 0 atom stereocenters. The molecule has 1 aromatic heterocycles. The third-order valence-electron chi connectivity index (χ3n) is 2.83. The lowest BCUT2D eigenvalue weighted by Crippen LogP contribution is -2.02. The molecule has 2 aromatic rings. The minimum absolute atomic E-state index is 0.650. The summed E-state index contributed by atoms with van der Waals surface area (Å²) < 4.78 is 0. The molecule has 3 N–H and O–H groups in total. The van der Waals surface area contributed by atoms with E-state index in [1.54, 1.807) is 0 Å². The molecule has 0 saturated heterocycles. The number of nitrogens with one attached hydrogen (secondary N) is 1. The minimum atomic E-state index is 0.650. The van der Waals surface area contributed by atoms with Crippen LogP contribution in [0.2, 0.25) is 0 Å². The van der Waals surface area contributed by atoms with E-state index in [1.165, 1.54) is 12.0 Å². The number of aromatic amines is 1. The van der Waals surface area contributed by atoms with Crippen molar-refractivity contribution in [2.24, 2.45) is 5.73 Å². The molecular formula is C14H19N3. The van der Waals surface area contributed by atoms with Gasteiger partial charge in [-0.3, -0.25) is 5.10 Å². The highest BCUT2D eigenvalue weighted by Crippen LogP contribution is 2.18. The number of aromatic nitrogens is 2. The van der Waals surface area contributed by atoms with Crippen molar-refractivity contribution in [3.05, 3.63) is 41.6 Å². The van der Waals surface area contributed by atoms with Crippen molar-refractivity contribution >= 4 is 0 Å². The number of H-pyrrole nitrogens is 1. The van der Waals surface area contributed by atoms with E-state index in [2.05, 4.69) is 47.5 Å². The van der Waals surface area contributed by atoms with Gasteiger partial charge in [0.1, 0.15) is 0 Å². The van der Waals surface area contributed by atoms with Gasteiger partial charge in [0.05, 0.1) is 5.69 Å². The van der Waals surface area contributed by atoms with E-state index in [9.17, 15) is 0 Å². The van der Waals surface area contributed by atoms with Gasteiger partial charge in [0.15, 0.2) is 0 Å². The monoisotopic (exact) mass is 229 g/mol. The molecule has 0 unspecified atom stereocenters. The standard InChI is InChI=1S/C14H19N3/c1-2-3-11-4-6-12(7-5-11)14-10-13(8-9-15)16-17-14/h4-7,10H,2-3,8-9,15H2,1H3,(H,16,17). The Bertz CT molecular complexity index is 457. The molecule has 0 aliphatic heterocycles. The van der Waals surface area contributed by atoms with E-state index in [-0.39, 0.29) is 0 Å². The maximum Gasteiger partial charge on any atom is 0.0923 e. The average Bonchev–Trinajstić information content (AvgIpc) is 2.80. The largest absolute Gasteiger partial charge is 0.330 e. The fourth-order valence-corrected chi connectivity index (χ4v) is 1.92. The Morgan fingerprint density at radius 3 is 2.59 bits per heavy atom. The van der Waals surface area contributed by atoms with Crippen molar-refractivity contribution in [2.45, 2.75) is 26.2 Å². The maximum atomic E-state index is 5.51. The van der Waals surface area contributed by atoms with Crippen molar-refractivity contribution in [2.75, 3.05) is 6.54 Å². The molecule has 0 aliphatic carbocycles. The summed E-state index contributed by atoms with van der Waals surface area (Å²) >= 11 is 0. The van der Waals surface area contributed by atoms with Gasteiger partial charge >= 0.3 is 0 Å². The Morgan fingerprint density at radius 1 is 1.18 bits per heavy atom. The quantitative estimate of drug-likeness (QED) is 0.827. The summed E-state index contributed by atoms with van der Waals surface area (Å²) in [6.45, 7) is 2.85. The van der Waals surface area contributed by atoms with E-state index >= 15 is 0 Å². The zero-order chi connectivity index (χ0) is 12.1. The lowest BCUT2D eigenvalue weighted by molar-refractivity contribution is 0.902. The summed E-state index contributed by atoms with van der Waals surface area (Å²) in [7, 11) is 0. The predicted octanol–water partition coefficient (Wildman–Crippen LogP) is 2.53. The third-order valence-corrected chi connectivity index (χ3v) is 2.83. The van der Waals surface area contributed by atoms with Gasteiger partial charge in [0.25, 0.3) is 0 Å². The van der Waals surface area contributed by atoms with Crippen LogP contribution < -0.4 is 5.73 Å². The number of hydrogen-bond donors (Lipinski definition) is 2. The summed E-state index contributed by atoms with van der Waals surface area (Å²) in [5.74, 6) is 0. The van der Waals surface area contributed by atoms with Gasteiger partial charge < -0.3 is 5.73 Å². The fraction of sp³-hybridized carbons (Fsp3) is 0.357. The summed E-state index contributed by atoms with van der Waals surface area (Å²) in [6, 6.07) is 10.7. The van der Waals surface area contributed by atoms with E-state index in [0.29, 0.717) is 6.54 Å². The molecule has 0 bridgehead atoms. The van der Waals surface area contributed by atoms with E-state index in [0.717, 1.165) is 29.8 Å². The molecule has 0 radical (unpaired) electrons. The van der Waals surface area contributed by atoms with Crippen LogP contribution >= 0.6 is 0 Å². The van der Waals surface area contributed by atoms with Crippen molar-refractivity contribution in [1.82, 2.24) is 10.2 Å². The van der Waals surface area contributed by atoms with Crippen LogP contribution in [-0.4, -0.2) is 16.7 Å². The van der Waals surface area contributed by atoms with Gasteiger partial charge in [-0.1, -0.05) is 37.6 Å². The van der Waals surface area contributed by atoms with Crippen LogP contribution in [0.4, 0.5) is 0 Å². The lowest BCUT2D eigenvalue weighted by atomic mass is 10.1.